The summed E-state index contributed by atoms with van der Waals surface area (Å²) < 4.78 is 6.50. The normalized spacial score (nSPS) is 11.5. The van der Waals surface area contributed by atoms with Gasteiger partial charge in [0.25, 0.3) is 0 Å². The van der Waals surface area contributed by atoms with Crippen LogP contribution in [0.1, 0.15) is 24.2 Å². The summed E-state index contributed by atoms with van der Waals surface area (Å²) in [4.78, 5) is 26.8. The summed E-state index contributed by atoms with van der Waals surface area (Å²) >= 11 is 0. The largest absolute Gasteiger partial charge is 0.465 e. The van der Waals surface area contributed by atoms with Gasteiger partial charge in [-0.3, -0.25) is 0 Å². The quantitative estimate of drug-likeness (QED) is 0.625. The zero-order valence-electron chi connectivity index (χ0n) is 11.1. The second-order valence-electron chi connectivity index (χ2n) is 4.94. The van der Waals surface area contributed by atoms with Gasteiger partial charge in [0.1, 0.15) is 11.2 Å². The molecule has 0 spiro atoms. The molecule has 0 fully saturated rings. The van der Waals surface area contributed by atoms with Gasteiger partial charge in [0.05, 0.1) is 19.2 Å². The first kappa shape index (κ1) is 13.2. The first-order chi connectivity index (χ1) is 8.98. The van der Waals surface area contributed by atoms with Gasteiger partial charge in [-0.25, -0.2) is 9.78 Å². The molecule has 0 aromatic carbocycles. The summed E-state index contributed by atoms with van der Waals surface area (Å²) in [6, 6.07) is 3.55. The molecule has 0 atom stereocenters. The van der Waals surface area contributed by atoms with E-state index in [0.29, 0.717) is 23.1 Å². The third-order valence-corrected chi connectivity index (χ3v) is 2.84. The fraction of sp³-hybridized carbons (Fsp3) is 0.385. The molecule has 0 aliphatic carbocycles. The SMILES string of the molecule is COC(=O)c1cn(CC(C)(C)N=O)c2ncccc12. The Morgan fingerprint density at radius 2 is 2.26 bits per heavy atom. The van der Waals surface area contributed by atoms with Crippen molar-refractivity contribution in [3.63, 3.8) is 0 Å². The van der Waals surface area contributed by atoms with E-state index in [2.05, 4.69) is 10.2 Å². The van der Waals surface area contributed by atoms with Crippen molar-refractivity contribution in [3.8, 4) is 0 Å². The number of carbonyl (C=O) groups excluding carboxylic acids is 1. The average Bonchev–Trinajstić information content (AvgIpc) is 2.77. The highest BCUT2D eigenvalue weighted by Gasteiger charge is 2.23. The lowest BCUT2D eigenvalue weighted by atomic mass is 10.1. The second-order valence-corrected chi connectivity index (χ2v) is 4.94. The minimum absolute atomic E-state index is 0.348. The van der Waals surface area contributed by atoms with E-state index in [1.165, 1.54) is 7.11 Å². The smallest absolute Gasteiger partial charge is 0.340 e. The maximum Gasteiger partial charge on any atom is 0.340 e. The van der Waals surface area contributed by atoms with Gasteiger partial charge in [-0.2, -0.15) is 4.91 Å². The van der Waals surface area contributed by atoms with E-state index < -0.39 is 11.5 Å². The van der Waals surface area contributed by atoms with Crippen molar-refractivity contribution >= 4 is 17.0 Å². The monoisotopic (exact) mass is 261 g/mol. The Labute approximate surface area is 110 Å². The number of rotatable bonds is 4. The van der Waals surface area contributed by atoms with Crippen molar-refractivity contribution in [1.29, 1.82) is 0 Å². The van der Waals surface area contributed by atoms with E-state index in [1.54, 1.807) is 42.9 Å². The zero-order valence-corrected chi connectivity index (χ0v) is 11.1. The van der Waals surface area contributed by atoms with Crippen molar-refractivity contribution < 1.29 is 9.53 Å². The number of hydrogen-bond donors (Lipinski definition) is 0. The predicted octanol–water partition coefficient (Wildman–Crippen LogP) is 2.37. The highest BCUT2D eigenvalue weighted by atomic mass is 16.5. The van der Waals surface area contributed by atoms with E-state index >= 15 is 0 Å². The standard InChI is InChI=1S/C13H15N3O3/c1-13(2,15-18)8-16-7-10(12(17)19-3)9-5-4-6-14-11(9)16/h4-7H,8H2,1-3H3. The van der Waals surface area contributed by atoms with Crippen LogP contribution in [0.5, 0.6) is 0 Å². The Balaban J connectivity index is 2.56. The maximum atomic E-state index is 11.7. The summed E-state index contributed by atoms with van der Waals surface area (Å²) in [5, 5.41) is 3.79. The summed E-state index contributed by atoms with van der Waals surface area (Å²) in [5.74, 6) is -0.423. The average molecular weight is 261 g/mol. The Bertz CT molecular complexity index is 631. The molecule has 0 aliphatic heterocycles. The van der Waals surface area contributed by atoms with E-state index in [9.17, 15) is 9.70 Å². The van der Waals surface area contributed by atoms with Crippen LogP contribution in [-0.2, 0) is 11.3 Å². The summed E-state index contributed by atoms with van der Waals surface area (Å²) in [6.07, 6.45) is 3.29. The fourth-order valence-electron chi connectivity index (χ4n) is 1.96. The van der Waals surface area contributed by atoms with Crippen LogP contribution in [-0.4, -0.2) is 28.2 Å². The molecule has 0 bridgehead atoms. The first-order valence-electron chi connectivity index (χ1n) is 5.85. The number of carbonyl (C=O) groups is 1. The summed E-state index contributed by atoms with van der Waals surface area (Å²) in [6.45, 7) is 3.81. The molecule has 2 aromatic rings. The van der Waals surface area contributed by atoms with Crippen LogP contribution in [0.2, 0.25) is 0 Å². The van der Waals surface area contributed by atoms with E-state index in [4.69, 9.17) is 4.74 Å². The van der Waals surface area contributed by atoms with Crippen LogP contribution < -0.4 is 0 Å². The Morgan fingerprint density at radius 3 is 2.89 bits per heavy atom. The molecule has 100 valence electrons. The maximum absolute atomic E-state index is 11.7. The van der Waals surface area contributed by atoms with Crippen LogP contribution in [0.15, 0.2) is 29.7 Å². The number of methoxy groups -OCH3 is 1. The number of nitrogens with zero attached hydrogens (tertiary/aromatic N) is 3. The molecule has 0 aliphatic rings. The van der Waals surface area contributed by atoms with Crippen molar-refractivity contribution in [2.24, 2.45) is 5.18 Å². The number of pyridine rings is 1. The van der Waals surface area contributed by atoms with E-state index in [1.807, 2.05) is 0 Å². The van der Waals surface area contributed by atoms with Crippen LogP contribution in [0.3, 0.4) is 0 Å². The van der Waals surface area contributed by atoms with Gasteiger partial charge in [0.15, 0.2) is 0 Å². The lowest BCUT2D eigenvalue weighted by Gasteiger charge is -2.16. The molecule has 6 heteroatoms. The van der Waals surface area contributed by atoms with E-state index in [0.717, 1.165) is 0 Å². The zero-order chi connectivity index (χ0) is 14.0. The van der Waals surface area contributed by atoms with Gasteiger partial charge in [0, 0.05) is 17.8 Å². The van der Waals surface area contributed by atoms with Crippen molar-refractivity contribution in [1.82, 2.24) is 9.55 Å². The van der Waals surface area contributed by atoms with Gasteiger partial charge in [-0.05, 0) is 26.0 Å². The van der Waals surface area contributed by atoms with Gasteiger partial charge in [0.2, 0.25) is 0 Å². The van der Waals surface area contributed by atoms with Crippen molar-refractivity contribution in [2.75, 3.05) is 7.11 Å². The first-order valence-corrected chi connectivity index (χ1v) is 5.85. The minimum atomic E-state index is -0.767. The molecule has 6 nitrogen and oxygen atoms in total. The predicted molar refractivity (Wildman–Crippen MR) is 70.9 cm³/mol. The molecule has 0 radical (unpaired) electrons. The molecule has 2 aromatic heterocycles. The molecular formula is C13H15N3O3. The third kappa shape index (κ3) is 2.47. The second kappa shape index (κ2) is 4.79. The molecular weight excluding hydrogens is 246 g/mol. The molecule has 0 amide bonds. The molecule has 0 saturated heterocycles. The fourth-order valence-corrected chi connectivity index (χ4v) is 1.96. The molecule has 2 rings (SSSR count). The van der Waals surface area contributed by atoms with Crippen LogP contribution in [0, 0.1) is 4.91 Å². The third-order valence-electron chi connectivity index (χ3n) is 2.84. The lowest BCUT2D eigenvalue weighted by Crippen LogP contribution is -2.23. The van der Waals surface area contributed by atoms with Crippen LogP contribution in [0.25, 0.3) is 11.0 Å². The minimum Gasteiger partial charge on any atom is -0.465 e. The topological polar surface area (TPSA) is 73.6 Å². The number of fused-ring (bicyclic) bond motifs is 1. The highest BCUT2D eigenvalue weighted by molar-refractivity contribution is 6.03. The Hall–Kier alpha value is -2.24. The molecule has 0 N–H and O–H groups in total. The van der Waals surface area contributed by atoms with Gasteiger partial charge >= 0.3 is 5.97 Å². The number of esters is 1. The van der Waals surface area contributed by atoms with Crippen LogP contribution in [0.4, 0.5) is 0 Å². The summed E-state index contributed by atoms with van der Waals surface area (Å²) in [7, 11) is 1.33. The Morgan fingerprint density at radius 1 is 1.53 bits per heavy atom. The molecule has 2 heterocycles. The van der Waals surface area contributed by atoms with Gasteiger partial charge < -0.3 is 9.30 Å². The number of aromatic nitrogens is 2. The number of ether oxygens (including phenoxy) is 1. The summed E-state index contributed by atoms with van der Waals surface area (Å²) in [5.41, 5.74) is 0.309. The number of nitroso groups, excluding NO2 is 1. The van der Waals surface area contributed by atoms with Crippen molar-refractivity contribution in [3.05, 3.63) is 35.0 Å². The lowest BCUT2D eigenvalue weighted by molar-refractivity contribution is 0.0602. The molecule has 19 heavy (non-hydrogen) atoms. The Kier molecular flexibility index (Phi) is 3.33. The van der Waals surface area contributed by atoms with Crippen molar-refractivity contribution in [2.45, 2.75) is 25.9 Å². The van der Waals surface area contributed by atoms with E-state index in [-0.39, 0.29) is 0 Å². The van der Waals surface area contributed by atoms with Gasteiger partial charge in [-0.15, -0.1) is 0 Å². The van der Waals surface area contributed by atoms with Gasteiger partial charge in [-0.1, -0.05) is 5.18 Å². The molecule has 0 saturated carbocycles. The highest BCUT2D eigenvalue weighted by Crippen LogP contribution is 2.23. The molecule has 0 unspecified atom stereocenters. The van der Waals surface area contributed by atoms with Crippen LogP contribution >= 0.6 is 0 Å². The number of hydrogen-bond acceptors (Lipinski definition) is 5.